The molecule has 4 heteroatoms. The Morgan fingerprint density at radius 1 is 1.12 bits per heavy atom. The van der Waals surface area contributed by atoms with E-state index in [0.717, 1.165) is 43.5 Å². The first kappa shape index (κ1) is 16.2. The molecule has 0 spiro atoms. The molecular weight excluding hydrogens is 310 g/mol. The standard InChI is InChI=1S/C21H25N3O/c1-22-21(12-13-21)15-23-20(25)17-8-10-18(11-9-17)24-14-4-6-16-5-2-3-7-19(16)24/h2-3,5,7-11,22H,4,6,12-15H2,1H3,(H,23,25). The maximum atomic E-state index is 12.4. The molecule has 0 aromatic heterocycles. The third kappa shape index (κ3) is 3.27. The van der Waals surface area contributed by atoms with Crippen molar-refractivity contribution < 1.29 is 4.79 Å². The molecule has 1 saturated carbocycles. The summed E-state index contributed by atoms with van der Waals surface area (Å²) in [6.07, 6.45) is 4.57. The van der Waals surface area contributed by atoms with Crippen LogP contribution in [-0.4, -0.2) is 31.6 Å². The van der Waals surface area contributed by atoms with E-state index in [2.05, 4.69) is 51.9 Å². The molecule has 4 nitrogen and oxygen atoms in total. The highest BCUT2D eigenvalue weighted by molar-refractivity contribution is 5.94. The number of nitrogens with zero attached hydrogens (tertiary/aromatic N) is 1. The smallest absolute Gasteiger partial charge is 0.251 e. The Morgan fingerprint density at radius 3 is 2.60 bits per heavy atom. The molecule has 2 aliphatic rings. The van der Waals surface area contributed by atoms with Gasteiger partial charge in [0, 0.05) is 35.6 Å². The molecule has 2 aromatic carbocycles. The Kier molecular flexibility index (Phi) is 4.22. The van der Waals surface area contributed by atoms with Crippen molar-refractivity contribution in [2.45, 2.75) is 31.2 Å². The zero-order valence-corrected chi connectivity index (χ0v) is 14.7. The lowest BCUT2D eigenvalue weighted by Crippen LogP contribution is -2.41. The molecule has 1 fully saturated rings. The molecular formula is C21H25N3O. The monoisotopic (exact) mass is 335 g/mol. The molecule has 1 amide bonds. The van der Waals surface area contributed by atoms with Crippen LogP contribution in [0.25, 0.3) is 0 Å². The van der Waals surface area contributed by atoms with Crippen LogP contribution in [0.5, 0.6) is 0 Å². The van der Waals surface area contributed by atoms with Crippen molar-refractivity contribution in [3.63, 3.8) is 0 Å². The topological polar surface area (TPSA) is 44.4 Å². The molecule has 0 unspecified atom stereocenters. The molecule has 25 heavy (non-hydrogen) atoms. The normalized spacial score (nSPS) is 17.7. The second-order valence-corrected chi connectivity index (χ2v) is 7.14. The van der Waals surface area contributed by atoms with Gasteiger partial charge in [0.1, 0.15) is 0 Å². The number of anilines is 2. The van der Waals surface area contributed by atoms with Gasteiger partial charge >= 0.3 is 0 Å². The van der Waals surface area contributed by atoms with Gasteiger partial charge in [-0.25, -0.2) is 0 Å². The minimum absolute atomic E-state index is 0.00659. The third-order valence-corrected chi connectivity index (χ3v) is 5.52. The Morgan fingerprint density at radius 2 is 1.88 bits per heavy atom. The van der Waals surface area contributed by atoms with Gasteiger partial charge < -0.3 is 15.5 Å². The van der Waals surface area contributed by atoms with Gasteiger partial charge in [-0.2, -0.15) is 0 Å². The van der Waals surface area contributed by atoms with E-state index in [0.29, 0.717) is 6.54 Å². The van der Waals surface area contributed by atoms with Gasteiger partial charge in [-0.3, -0.25) is 4.79 Å². The van der Waals surface area contributed by atoms with Crippen molar-refractivity contribution >= 4 is 17.3 Å². The first-order chi connectivity index (χ1) is 12.2. The number of aryl methyl sites for hydroxylation is 1. The molecule has 0 radical (unpaired) electrons. The van der Waals surface area contributed by atoms with Gasteiger partial charge in [0.2, 0.25) is 0 Å². The van der Waals surface area contributed by atoms with E-state index in [9.17, 15) is 4.79 Å². The molecule has 2 N–H and O–H groups in total. The van der Waals surface area contributed by atoms with Crippen LogP contribution >= 0.6 is 0 Å². The van der Waals surface area contributed by atoms with Gasteiger partial charge in [-0.1, -0.05) is 18.2 Å². The second-order valence-electron chi connectivity index (χ2n) is 7.14. The summed E-state index contributed by atoms with van der Waals surface area (Å²) in [5.41, 5.74) is 4.69. The number of fused-ring (bicyclic) bond motifs is 1. The number of carbonyl (C=O) groups is 1. The molecule has 2 aromatic rings. The average Bonchev–Trinajstić information content (AvgIpc) is 3.46. The van der Waals surface area contributed by atoms with Crippen molar-refractivity contribution in [2.24, 2.45) is 0 Å². The van der Waals surface area contributed by atoms with E-state index < -0.39 is 0 Å². The zero-order valence-electron chi connectivity index (χ0n) is 14.7. The fourth-order valence-corrected chi connectivity index (χ4v) is 3.61. The summed E-state index contributed by atoms with van der Waals surface area (Å²) in [6, 6.07) is 16.6. The molecule has 1 aliphatic heterocycles. The second kappa shape index (κ2) is 6.52. The number of hydrogen-bond acceptors (Lipinski definition) is 3. The van der Waals surface area contributed by atoms with Gasteiger partial charge in [-0.15, -0.1) is 0 Å². The van der Waals surface area contributed by atoms with Crippen LogP contribution in [0.2, 0.25) is 0 Å². The maximum Gasteiger partial charge on any atom is 0.251 e. The Labute approximate surface area is 149 Å². The maximum absolute atomic E-state index is 12.4. The van der Waals surface area contributed by atoms with Gasteiger partial charge in [0.25, 0.3) is 5.91 Å². The molecule has 4 rings (SSSR count). The van der Waals surface area contributed by atoms with E-state index in [1.807, 2.05) is 19.2 Å². The highest BCUT2D eigenvalue weighted by atomic mass is 16.1. The first-order valence-corrected chi connectivity index (χ1v) is 9.13. The number of likely N-dealkylation sites (N-methyl/N-ethyl adjacent to an activating group) is 1. The largest absolute Gasteiger partial charge is 0.350 e. The summed E-state index contributed by atoms with van der Waals surface area (Å²) >= 11 is 0. The number of rotatable bonds is 5. The lowest BCUT2D eigenvalue weighted by molar-refractivity contribution is 0.0948. The molecule has 0 saturated heterocycles. The van der Waals surface area contributed by atoms with Gasteiger partial charge in [0.05, 0.1) is 0 Å². The van der Waals surface area contributed by atoms with E-state index in [4.69, 9.17) is 0 Å². The van der Waals surface area contributed by atoms with Crippen LogP contribution in [0.4, 0.5) is 11.4 Å². The fraction of sp³-hybridized carbons (Fsp3) is 0.381. The lowest BCUT2D eigenvalue weighted by Gasteiger charge is -2.31. The number of carbonyl (C=O) groups excluding carboxylic acids is 1. The Bertz CT molecular complexity index is 765. The zero-order chi connectivity index (χ0) is 17.3. The predicted octanol–water partition coefficient (Wildman–Crippen LogP) is 3.25. The number of benzene rings is 2. The van der Waals surface area contributed by atoms with Gasteiger partial charge in [-0.05, 0) is 68.6 Å². The molecule has 1 heterocycles. The summed E-state index contributed by atoms with van der Waals surface area (Å²) < 4.78 is 0. The summed E-state index contributed by atoms with van der Waals surface area (Å²) in [5, 5.41) is 6.35. The highest BCUT2D eigenvalue weighted by Gasteiger charge is 2.41. The van der Waals surface area contributed by atoms with Crippen molar-refractivity contribution in [1.29, 1.82) is 0 Å². The van der Waals surface area contributed by atoms with Crippen molar-refractivity contribution in [2.75, 3.05) is 25.0 Å². The van der Waals surface area contributed by atoms with E-state index in [1.54, 1.807) is 0 Å². The predicted molar refractivity (Wildman–Crippen MR) is 102 cm³/mol. The van der Waals surface area contributed by atoms with Crippen LogP contribution in [0.15, 0.2) is 48.5 Å². The number of amides is 1. The SMILES string of the molecule is CNC1(CNC(=O)c2ccc(N3CCCc4ccccc43)cc2)CC1. The Hall–Kier alpha value is -2.33. The summed E-state index contributed by atoms with van der Waals surface area (Å²) in [4.78, 5) is 14.7. The number of nitrogens with one attached hydrogen (secondary N) is 2. The summed E-state index contributed by atoms with van der Waals surface area (Å²) in [6.45, 7) is 1.72. The summed E-state index contributed by atoms with van der Waals surface area (Å²) in [7, 11) is 1.96. The van der Waals surface area contributed by atoms with Crippen LogP contribution < -0.4 is 15.5 Å². The van der Waals surface area contributed by atoms with Crippen LogP contribution in [0.1, 0.15) is 35.2 Å². The van der Waals surface area contributed by atoms with E-state index >= 15 is 0 Å². The van der Waals surface area contributed by atoms with Crippen molar-refractivity contribution in [1.82, 2.24) is 10.6 Å². The lowest BCUT2D eigenvalue weighted by atomic mass is 10.0. The van der Waals surface area contributed by atoms with Gasteiger partial charge in [0.15, 0.2) is 0 Å². The summed E-state index contributed by atoms with van der Waals surface area (Å²) in [5.74, 6) is 0.00659. The minimum Gasteiger partial charge on any atom is -0.350 e. The van der Waals surface area contributed by atoms with Crippen molar-refractivity contribution in [3.8, 4) is 0 Å². The number of hydrogen-bond donors (Lipinski definition) is 2. The first-order valence-electron chi connectivity index (χ1n) is 9.13. The van der Waals surface area contributed by atoms with Crippen LogP contribution in [0.3, 0.4) is 0 Å². The Balaban J connectivity index is 1.46. The quantitative estimate of drug-likeness (QED) is 0.881. The molecule has 1 aliphatic carbocycles. The fourth-order valence-electron chi connectivity index (χ4n) is 3.61. The minimum atomic E-state index is 0.00659. The van der Waals surface area contributed by atoms with Crippen LogP contribution in [0, 0.1) is 0 Å². The van der Waals surface area contributed by atoms with Crippen LogP contribution in [-0.2, 0) is 6.42 Å². The van der Waals surface area contributed by atoms with E-state index in [-0.39, 0.29) is 11.4 Å². The molecule has 0 atom stereocenters. The van der Waals surface area contributed by atoms with E-state index in [1.165, 1.54) is 11.3 Å². The molecule has 130 valence electrons. The van der Waals surface area contributed by atoms with Crippen molar-refractivity contribution in [3.05, 3.63) is 59.7 Å². The third-order valence-electron chi connectivity index (χ3n) is 5.52. The highest BCUT2D eigenvalue weighted by Crippen LogP contribution is 2.34. The number of para-hydroxylation sites is 1. The average molecular weight is 335 g/mol. The molecule has 0 bridgehead atoms.